The van der Waals surface area contributed by atoms with Crippen LogP contribution < -0.4 is 5.32 Å². The van der Waals surface area contributed by atoms with E-state index in [0.29, 0.717) is 10.0 Å². The molecule has 106 valence electrons. The lowest BCUT2D eigenvalue weighted by Crippen LogP contribution is -2.13. The number of nitrogens with one attached hydrogen (secondary N) is 1. The maximum atomic E-state index is 6.33. The summed E-state index contributed by atoms with van der Waals surface area (Å²) >= 11 is 18.6. The van der Waals surface area contributed by atoms with Gasteiger partial charge in [-0.3, -0.25) is 0 Å². The molecule has 1 nitrogen and oxygen atoms in total. The first-order valence-corrected chi connectivity index (χ1v) is 7.69. The van der Waals surface area contributed by atoms with E-state index in [2.05, 4.69) is 12.2 Å². The second-order valence-electron chi connectivity index (χ2n) is 4.61. The van der Waals surface area contributed by atoms with Crippen molar-refractivity contribution in [2.45, 2.75) is 19.9 Å². The number of halogens is 3. The minimum absolute atomic E-state index is 0.661. The summed E-state index contributed by atoms with van der Waals surface area (Å²) in [7, 11) is 0. The lowest BCUT2D eigenvalue weighted by Gasteiger charge is -2.10. The molecule has 0 aliphatic carbocycles. The quantitative estimate of drug-likeness (QED) is 0.683. The van der Waals surface area contributed by atoms with E-state index in [1.807, 2.05) is 24.3 Å². The van der Waals surface area contributed by atoms with Crippen molar-refractivity contribution in [3.63, 3.8) is 0 Å². The molecule has 0 fully saturated rings. The third-order valence-corrected chi connectivity index (χ3v) is 3.95. The Kier molecular flexibility index (Phi) is 5.74. The Morgan fingerprint density at radius 3 is 2.45 bits per heavy atom. The van der Waals surface area contributed by atoms with Crippen LogP contribution in [0.3, 0.4) is 0 Å². The minimum Gasteiger partial charge on any atom is -0.313 e. The van der Waals surface area contributed by atoms with E-state index in [4.69, 9.17) is 34.8 Å². The average molecular weight is 329 g/mol. The molecule has 0 aliphatic heterocycles. The molecule has 20 heavy (non-hydrogen) atoms. The van der Waals surface area contributed by atoms with Crippen LogP contribution in [0, 0.1) is 0 Å². The molecule has 2 rings (SSSR count). The molecule has 0 amide bonds. The van der Waals surface area contributed by atoms with Crippen molar-refractivity contribution in [2.24, 2.45) is 0 Å². The number of benzene rings is 2. The van der Waals surface area contributed by atoms with Gasteiger partial charge in [0.2, 0.25) is 0 Å². The van der Waals surface area contributed by atoms with E-state index in [0.717, 1.165) is 41.2 Å². The summed E-state index contributed by atoms with van der Waals surface area (Å²) in [4.78, 5) is 0. The Morgan fingerprint density at radius 1 is 0.950 bits per heavy atom. The molecule has 0 heterocycles. The van der Waals surface area contributed by atoms with Gasteiger partial charge in [0, 0.05) is 27.2 Å². The third-order valence-electron chi connectivity index (χ3n) is 3.03. The van der Waals surface area contributed by atoms with Crippen LogP contribution in [0.1, 0.15) is 18.9 Å². The van der Waals surface area contributed by atoms with Crippen molar-refractivity contribution < 1.29 is 0 Å². The highest BCUT2D eigenvalue weighted by molar-refractivity contribution is 6.35. The molecule has 0 bridgehead atoms. The van der Waals surface area contributed by atoms with Crippen LogP contribution in [0.25, 0.3) is 11.1 Å². The second-order valence-corrected chi connectivity index (χ2v) is 5.86. The Bertz CT molecular complexity index is 596. The van der Waals surface area contributed by atoms with Crippen LogP contribution in [0.15, 0.2) is 36.4 Å². The largest absolute Gasteiger partial charge is 0.313 e. The molecule has 2 aromatic carbocycles. The topological polar surface area (TPSA) is 12.0 Å². The third kappa shape index (κ3) is 3.89. The monoisotopic (exact) mass is 327 g/mol. The van der Waals surface area contributed by atoms with Gasteiger partial charge >= 0.3 is 0 Å². The van der Waals surface area contributed by atoms with Gasteiger partial charge in [0.25, 0.3) is 0 Å². The molecule has 0 radical (unpaired) electrons. The van der Waals surface area contributed by atoms with E-state index >= 15 is 0 Å². The van der Waals surface area contributed by atoms with Gasteiger partial charge < -0.3 is 5.32 Å². The highest BCUT2D eigenvalue weighted by Crippen LogP contribution is 2.32. The highest BCUT2D eigenvalue weighted by Gasteiger charge is 2.07. The molecule has 0 spiro atoms. The fourth-order valence-electron chi connectivity index (χ4n) is 1.98. The smallest absolute Gasteiger partial charge is 0.0485 e. The summed E-state index contributed by atoms with van der Waals surface area (Å²) in [5.41, 5.74) is 2.96. The molecule has 4 heteroatoms. The van der Waals surface area contributed by atoms with Gasteiger partial charge in [-0.05, 0) is 48.4 Å². The predicted octanol–water partition coefficient (Wildman–Crippen LogP) is 5.81. The van der Waals surface area contributed by atoms with Crippen molar-refractivity contribution in [3.05, 3.63) is 57.0 Å². The van der Waals surface area contributed by atoms with Crippen molar-refractivity contribution >= 4 is 34.8 Å². The van der Waals surface area contributed by atoms with Crippen molar-refractivity contribution in [1.82, 2.24) is 5.32 Å². The Balaban J connectivity index is 2.26. The minimum atomic E-state index is 0.661. The first-order valence-electron chi connectivity index (χ1n) is 6.56. The van der Waals surface area contributed by atoms with E-state index in [9.17, 15) is 0 Å². The van der Waals surface area contributed by atoms with Gasteiger partial charge in [-0.1, -0.05) is 53.9 Å². The van der Waals surface area contributed by atoms with Gasteiger partial charge in [0.15, 0.2) is 0 Å². The van der Waals surface area contributed by atoms with Gasteiger partial charge in [-0.25, -0.2) is 0 Å². The first-order chi connectivity index (χ1) is 9.61. The fourth-order valence-corrected chi connectivity index (χ4v) is 2.62. The van der Waals surface area contributed by atoms with Crippen LogP contribution >= 0.6 is 34.8 Å². The number of hydrogen-bond acceptors (Lipinski definition) is 1. The molecular formula is C16H16Cl3N. The molecule has 0 unspecified atom stereocenters. The van der Waals surface area contributed by atoms with E-state index in [-0.39, 0.29) is 0 Å². The lowest BCUT2D eigenvalue weighted by atomic mass is 10.0. The summed E-state index contributed by atoms with van der Waals surface area (Å²) < 4.78 is 0. The van der Waals surface area contributed by atoms with Crippen LogP contribution in [0.4, 0.5) is 0 Å². The van der Waals surface area contributed by atoms with Gasteiger partial charge in [0.1, 0.15) is 0 Å². The Hall–Kier alpha value is -0.730. The summed E-state index contributed by atoms with van der Waals surface area (Å²) in [5.74, 6) is 0. The fraction of sp³-hybridized carbons (Fsp3) is 0.250. The Labute approximate surface area is 134 Å². The molecule has 1 N–H and O–H groups in total. The molecule has 2 aromatic rings. The SMILES string of the molecule is CCCNCc1ccc(-c2cc(Cl)ccc2Cl)cc1Cl. The summed E-state index contributed by atoms with van der Waals surface area (Å²) in [5, 5.41) is 5.41. The second kappa shape index (κ2) is 7.33. The van der Waals surface area contributed by atoms with Crippen molar-refractivity contribution in [2.75, 3.05) is 6.54 Å². The van der Waals surface area contributed by atoms with Crippen LogP contribution in [0.5, 0.6) is 0 Å². The summed E-state index contributed by atoms with van der Waals surface area (Å²) in [6.45, 7) is 3.90. The zero-order valence-electron chi connectivity index (χ0n) is 11.2. The van der Waals surface area contributed by atoms with E-state index < -0.39 is 0 Å². The Morgan fingerprint density at radius 2 is 1.75 bits per heavy atom. The normalized spacial score (nSPS) is 10.8. The van der Waals surface area contributed by atoms with Crippen LogP contribution in [-0.4, -0.2) is 6.54 Å². The molecule has 0 aliphatic rings. The van der Waals surface area contributed by atoms with E-state index in [1.54, 1.807) is 12.1 Å². The summed E-state index contributed by atoms with van der Waals surface area (Å²) in [6.07, 6.45) is 1.10. The van der Waals surface area contributed by atoms with Gasteiger partial charge in [0.05, 0.1) is 0 Å². The van der Waals surface area contributed by atoms with E-state index in [1.165, 1.54) is 0 Å². The molecule has 0 aromatic heterocycles. The summed E-state index contributed by atoms with van der Waals surface area (Å²) in [6, 6.07) is 11.4. The zero-order chi connectivity index (χ0) is 14.5. The van der Waals surface area contributed by atoms with Crippen LogP contribution in [-0.2, 0) is 6.54 Å². The van der Waals surface area contributed by atoms with Crippen LogP contribution in [0.2, 0.25) is 15.1 Å². The molecular weight excluding hydrogens is 313 g/mol. The van der Waals surface area contributed by atoms with Crippen molar-refractivity contribution in [3.8, 4) is 11.1 Å². The predicted molar refractivity (Wildman–Crippen MR) is 88.9 cm³/mol. The zero-order valence-corrected chi connectivity index (χ0v) is 13.5. The van der Waals surface area contributed by atoms with Gasteiger partial charge in [-0.15, -0.1) is 0 Å². The van der Waals surface area contributed by atoms with Gasteiger partial charge in [-0.2, -0.15) is 0 Å². The lowest BCUT2D eigenvalue weighted by molar-refractivity contribution is 0.675. The van der Waals surface area contributed by atoms with Crippen molar-refractivity contribution in [1.29, 1.82) is 0 Å². The first kappa shape index (κ1) is 15.7. The number of rotatable bonds is 5. The molecule has 0 saturated carbocycles. The number of hydrogen-bond donors (Lipinski definition) is 1. The molecule has 0 atom stereocenters. The standard InChI is InChI=1S/C16H16Cl3N/c1-2-7-20-10-12-4-3-11(8-16(12)19)14-9-13(17)5-6-15(14)18/h3-6,8-9,20H,2,7,10H2,1H3. The average Bonchev–Trinajstić information content (AvgIpc) is 2.43. The molecule has 0 saturated heterocycles. The maximum Gasteiger partial charge on any atom is 0.0485 e. The highest BCUT2D eigenvalue weighted by atomic mass is 35.5. The maximum absolute atomic E-state index is 6.33.